The summed E-state index contributed by atoms with van der Waals surface area (Å²) in [7, 11) is 4.09. The number of amides is 1. The van der Waals surface area contributed by atoms with E-state index < -0.39 is 0 Å². The van der Waals surface area contributed by atoms with Gasteiger partial charge in [0.2, 0.25) is 5.91 Å². The molecule has 1 fully saturated rings. The van der Waals surface area contributed by atoms with Crippen LogP contribution < -0.4 is 16.0 Å². The van der Waals surface area contributed by atoms with E-state index in [-0.39, 0.29) is 11.8 Å². The molecule has 1 saturated carbocycles. The van der Waals surface area contributed by atoms with Gasteiger partial charge in [0, 0.05) is 38.3 Å². The number of nitrogens with one attached hydrogen (secondary N) is 1. The van der Waals surface area contributed by atoms with E-state index in [1.54, 1.807) is 0 Å². The Kier molecular flexibility index (Phi) is 5.01. The number of nitrogens with two attached hydrogens (primary N) is 1. The monoisotopic (exact) mass is 275 g/mol. The largest absolute Gasteiger partial charge is 0.378 e. The van der Waals surface area contributed by atoms with Crippen molar-refractivity contribution in [3.05, 3.63) is 29.8 Å². The summed E-state index contributed by atoms with van der Waals surface area (Å²) in [6.07, 6.45) is 3.94. The zero-order chi connectivity index (χ0) is 14.5. The number of anilines is 1. The maximum atomic E-state index is 11.1. The van der Waals surface area contributed by atoms with E-state index in [1.165, 1.54) is 11.3 Å². The average Bonchev–Trinajstić information content (AvgIpc) is 2.46. The number of rotatable bonds is 5. The Morgan fingerprint density at radius 2 is 1.80 bits per heavy atom. The maximum Gasteiger partial charge on any atom is 0.220 e. The van der Waals surface area contributed by atoms with Crippen LogP contribution >= 0.6 is 0 Å². The molecule has 4 nitrogen and oxygen atoms in total. The first-order valence-electron chi connectivity index (χ1n) is 7.35. The van der Waals surface area contributed by atoms with Gasteiger partial charge in [0.1, 0.15) is 0 Å². The molecule has 4 heteroatoms. The number of hydrogen-bond donors (Lipinski definition) is 2. The predicted molar refractivity (Wildman–Crippen MR) is 82.5 cm³/mol. The van der Waals surface area contributed by atoms with Crippen molar-refractivity contribution in [2.45, 2.75) is 38.3 Å². The molecule has 0 aliphatic heterocycles. The second-order valence-electron chi connectivity index (χ2n) is 5.89. The Morgan fingerprint density at radius 1 is 1.20 bits per heavy atom. The Balaban J connectivity index is 1.77. The van der Waals surface area contributed by atoms with Gasteiger partial charge < -0.3 is 16.0 Å². The summed E-state index contributed by atoms with van der Waals surface area (Å²) in [5.41, 5.74) is 7.87. The quantitative estimate of drug-likeness (QED) is 0.862. The lowest BCUT2D eigenvalue weighted by molar-refractivity contribution is -0.122. The van der Waals surface area contributed by atoms with Gasteiger partial charge in [-0.25, -0.2) is 0 Å². The van der Waals surface area contributed by atoms with E-state index in [1.807, 2.05) is 14.1 Å². The molecule has 0 atom stereocenters. The van der Waals surface area contributed by atoms with Crippen LogP contribution in [0.25, 0.3) is 0 Å². The predicted octanol–water partition coefficient (Wildman–Crippen LogP) is 1.89. The zero-order valence-electron chi connectivity index (χ0n) is 12.4. The molecule has 0 aromatic heterocycles. The molecule has 0 heterocycles. The van der Waals surface area contributed by atoms with E-state index in [0.29, 0.717) is 6.04 Å². The highest BCUT2D eigenvalue weighted by molar-refractivity contribution is 5.76. The normalized spacial score (nSPS) is 22.5. The van der Waals surface area contributed by atoms with E-state index in [0.717, 1.165) is 32.2 Å². The van der Waals surface area contributed by atoms with Crippen molar-refractivity contribution < 1.29 is 4.79 Å². The second kappa shape index (κ2) is 6.75. The van der Waals surface area contributed by atoms with Crippen LogP contribution in [0.2, 0.25) is 0 Å². The van der Waals surface area contributed by atoms with Crippen molar-refractivity contribution in [3.8, 4) is 0 Å². The third-order valence-electron chi connectivity index (χ3n) is 4.18. The molecule has 3 N–H and O–H groups in total. The molecular formula is C16H25N3O. The number of carbonyl (C=O) groups excluding carboxylic acids is 1. The summed E-state index contributed by atoms with van der Waals surface area (Å²) in [4.78, 5) is 13.2. The Morgan fingerprint density at radius 3 is 2.30 bits per heavy atom. The molecular weight excluding hydrogens is 250 g/mol. The molecule has 1 aliphatic carbocycles. The first-order valence-corrected chi connectivity index (χ1v) is 7.35. The van der Waals surface area contributed by atoms with Crippen molar-refractivity contribution >= 4 is 11.6 Å². The van der Waals surface area contributed by atoms with Gasteiger partial charge in [-0.15, -0.1) is 0 Å². The fraction of sp³-hybridized carbons (Fsp3) is 0.562. The summed E-state index contributed by atoms with van der Waals surface area (Å²) in [5.74, 6) is -0.0462. The van der Waals surface area contributed by atoms with E-state index >= 15 is 0 Å². The third kappa shape index (κ3) is 3.97. The molecule has 0 saturated heterocycles. The molecule has 1 aromatic carbocycles. The van der Waals surface area contributed by atoms with Crippen molar-refractivity contribution in [1.82, 2.24) is 5.32 Å². The smallest absolute Gasteiger partial charge is 0.220 e. The van der Waals surface area contributed by atoms with Gasteiger partial charge in [-0.3, -0.25) is 4.79 Å². The highest BCUT2D eigenvalue weighted by Gasteiger charge is 2.24. The lowest BCUT2D eigenvalue weighted by Gasteiger charge is -2.27. The Labute approximate surface area is 121 Å². The molecule has 0 spiro atoms. The zero-order valence-corrected chi connectivity index (χ0v) is 12.4. The minimum absolute atomic E-state index is 0.0902. The Hall–Kier alpha value is -1.55. The fourth-order valence-electron chi connectivity index (χ4n) is 2.76. The highest BCUT2D eigenvalue weighted by atomic mass is 16.1. The minimum atomic E-state index is -0.136. The molecule has 110 valence electrons. The van der Waals surface area contributed by atoms with Crippen molar-refractivity contribution in [2.24, 2.45) is 11.7 Å². The molecule has 1 aliphatic rings. The average molecular weight is 275 g/mol. The lowest BCUT2D eigenvalue weighted by Crippen LogP contribution is -2.36. The van der Waals surface area contributed by atoms with Crippen LogP contribution in [0.3, 0.4) is 0 Å². The summed E-state index contributed by atoms with van der Waals surface area (Å²) < 4.78 is 0. The van der Waals surface area contributed by atoms with Gasteiger partial charge in [0.25, 0.3) is 0 Å². The van der Waals surface area contributed by atoms with Crippen LogP contribution in [-0.4, -0.2) is 26.0 Å². The molecule has 2 rings (SSSR count). The molecule has 20 heavy (non-hydrogen) atoms. The topological polar surface area (TPSA) is 58.4 Å². The first-order chi connectivity index (χ1) is 9.56. The van der Waals surface area contributed by atoms with Gasteiger partial charge >= 0.3 is 0 Å². The van der Waals surface area contributed by atoms with Crippen LogP contribution in [0.4, 0.5) is 5.69 Å². The standard InChI is InChI=1S/C16H25N3O/c1-19(2)15-9-3-12(4-10-15)11-18-14-7-5-13(6-8-14)16(17)20/h3-4,9-10,13-14,18H,5-8,11H2,1-2H3,(H2,17,20). The van der Waals surface area contributed by atoms with Gasteiger partial charge in [-0.05, 0) is 43.4 Å². The molecule has 1 aromatic rings. The van der Waals surface area contributed by atoms with Crippen molar-refractivity contribution in [1.29, 1.82) is 0 Å². The first kappa shape index (κ1) is 14.9. The summed E-state index contributed by atoms with van der Waals surface area (Å²) in [6.45, 7) is 0.889. The van der Waals surface area contributed by atoms with Gasteiger partial charge in [-0.1, -0.05) is 12.1 Å². The van der Waals surface area contributed by atoms with Gasteiger partial charge in [0.05, 0.1) is 0 Å². The van der Waals surface area contributed by atoms with Crippen LogP contribution in [0.1, 0.15) is 31.2 Å². The number of benzene rings is 1. The lowest BCUT2D eigenvalue weighted by atomic mass is 9.85. The number of hydrogen-bond acceptors (Lipinski definition) is 3. The number of carbonyl (C=O) groups is 1. The van der Waals surface area contributed by atoms with Crippen LogP contribution in [-0.2, 0) is 11.3 Å². The fourth-order valence-corrected chi connectivity index (χ4v) is 2.76. The second-order valence-corrected chi connectivity index (χ2v) is 5.89. The third-order valence-corrected chi connectivity index (χ3v) is 4.18. The van der Waals surface area contributed by atoms with Crippen LogP contribution in [0, 0.1) is 5.92 Å². The number of nitrogens with zero attached hydrogens (tertiary/aromatic N) is 1. The van der Waals surface area contributed by atoms with E-state index in [2.05, 4.69) is 34.5 Å². The van der Waals surface area contributed by atoms with Crippen molar-refractivity contribution in [2.75, 3.05) is 19.0 Å². The summed E-state index contributed by atoms with van der Waals surface area (Å²) in [5, 5.41) is 3.58. The molecule has 1 amide bonds. The maximum absolute atomic E-state index is 11.1. The molecule has 0 radical (unpaired) electrons. The van der Waals surface area contributed by atoms with E-state index in [9.17, 15) is 4.79 Å². The highest BCUT2D eigenvalue weighted by Crippen LogP contribution is 2.24. The van der Waals surface area contributed by atoms with Gasteiger partial charge in [-0.2, -0.15) is 0 Å². The minimum Gasteiger partial charge on any atom is -0.378 e. The SMILES string of the molecule is CN(C)c1ccc(CNC2CCC(C(N)=O)CC2)cc1. The van der Waals surface area contributed by atoms with Crippen molar-refractivity contribution in [3.63, 3.8) is 0 Å². The number of primary amides is 1. The van der Waals surface area contributed by atoms with Crippen LogP contribution in [0.5, 0.6) is 0 Å². The Bertz CT molecular complexity index is 434. The van der Waals surface area contributed by atoms with E-state index in [4.69, 9.17) is 5.73 Å². The van der Waals surface area contributed by atoms with Gasteiger partial charge in [0.15, 0.2) is 0 Å². The summed E-state index contributed by atoms with van der Waals surface area (Å²) in [6, 6.07) is 9.12. The molecule has 0 bridgehead atoms. The summed E-state index contributed by atoms with van der Waals surface area (Å²) >= 11 is 0. The molecule has 0 unspecified atom stereocenters. The van der Waals surface area contributed by atoms with Crippen LogP contribution in [0.15, 0.2) is 24.3 Å².